The zero-order valence-corrected chi connectivity index (χ0v) is 17.3. The lowest BCUT2D eigenvalue weighted by atomic mass is 10.0. The van der Waals surface area contributed by atoms with Gasteiger partial charge in [-0.05, 0) is 25.2 Å². The molecule has 0 rings (SSSR count). The Hall–Kier alpha value is -2.93. The van der Waals surface area contributed by atoms with Crippen molar-refractivity contribution in [1.82, 2.24) is 16.0 Å². The number of hydrogen-bond donors (Lipinski definition) is 8. The fraction of sp³-hybridized carbons (Fsp3) is 0.706. The van der Waals surface area contributed by atoms with E-state index in [1.165, 1.54) is 0 Å². The zero-order chi connectivity index (χ0) is 23.3. The number of aliphatic hydroxyl groups excluding tert-OH is 1. The van der Waals surface area contributed by atoms with E-state index < -0.39 is 48.4 Å². The molecule has 172 valence electrons. The van der Waals surface area contributed by atoms with Gasteiger partial charge in [-0.25, -0.2) is 4.79 Å². The van der Waals surface area contributed by atoms with Gasteiger partial charge in [0, 0.05) is 6.54 Å². The van der Waals surface area contributed by atoms with Gasteiger partial charge >= 0.3 is 5.97 Å². The fourth-order valence-corrected chi connectivity index (χ4v) is 2.46. The number of carbonyl (C=O) groups is 4. The molecule has 11 N–H and O–H groups in total. The highest BCUT2D eigenvalue weighted by Gasteiger charge is 2.29. The highest BCUT2D eigenvalue weighted by molar-refractivity contribution is 5.93. The molecule has 0 bridgehead atoms. The van der Waals surface area contributed by atoms with Crippen LogP contribution in [-0.4, -0.2) is 77.7 Å². The van der Waals surface area contributed by atoms with E-state index >= 15 is 0 Å². The summed E-state index contributed by atoms with van der Waals surface area (Å²) in [6, 6.07) is -3.57. The van der Waals surface area contributed by atoms with Crippen LogP contribution in [0.5, 0.6) is 0 Å². The average molecular weight is 431 g/mol. The van der Waals surface area contributed by atoms with Crippen molar-refractivity contribution in [3.8, 4) is 0 Å². The molecule has 0 aliphatic carbocycles. The third-order valence-corrected chi connectivity index (χ3v) is 3.92. The van der Waals surface area contributed by atoms with E-state index in [-0.39, 0.29) is 37.8 Å². The first kappa shape index (κ1) is 27.1. The number of nitrogens with one attached hydrogen (secondary N) is 3. The standard InChI is InChI=1S/C17H33N7O6/c1-9(2)6-11(24-15(28)12(8-25)22-13(26)7-18)14(27)23-10(16(29)30)4-3-5-21-17(19)20/h9-12,25H,3-8,18H2,1-2H3,(H,22,26)(H,23,27)(H,24,28)(H,29,30)(H4,19,20,21). The predicted octanol–water partition coefficient (Wildman–Crippen LogP) is -3.42. The van der Waals surface area contributed by atoms with Gasteiger partial charge in [0.1, 0.15) is 18.1 Å². The number of aliphatic imine (C=N–C) groups is 1. The molecule has 0 spiro atoms. The molecule has 0 aliphatic rings. The number of amides is 3. The third kappa shape index (κ3) is 11.2. The molecule has 0 aromatic rings. The lowest BCUT2D eigenvalue weighted by Crippen LogP contribution is -2.57. The van der Waals surface area contributed by atoms with Gasteiger partial charge in [-0.15, -0.1) is 0 Å². The van der Waals surface area contributed by atoms with Crippen LogP contribution in [0.3, 0.4) is 0 Å². The summed E-state index contributed by atoms with van der Waals surface area (Å²) in [4.78, 5) is 51.6. The Morgan fingerprint density at radius 2 is 1.53 bits per heavy atom. The van der Waals surface area contributed by atoms with Crippen LogP contribution in [0.1, 0.15) is 33.1 Å². The lowest BCUT2D eigenvalue weighted by Gasteiger charge is -2.24. The molecule has 0 saturated carbocycles. The molecule has 0 aromatic heterocycles. The number of carboxylic acid groups (broad SMARTS) is 1. The van der Waals surface area contributed by atoms with E-state index in [4.69, 9.17) is 17.2 Å². The van der Waals surface area contributed by atoms with Crippen molar-refractivity contribution in [2.75, 3.05) is 19.7 Å². The molecule has 3 unspecified atom stereocenters. The van der Waals surface area contributed by atoms with Crippen molar-refractivity contribution >= 4 is 29.7 Å². The quantitative estimate of drug-likeness (QED) is 0.0775. The van der Waals surface area contributed by atoms with Crippen LogP contribution >= 0.6 is 0 Å². The van der Waals surface area contributed by atoms with E-state index in [1.807, 2.05) is 13.8 Å². The Morgan fingerprint density at radius 3 is 2.00 bits per heavy atom. The van der Waals surface area contributed by atoms with Crippen LogP contribution in [0, 0.1) is 5.92 Å². The van der Waals surface area contributed by atoms with Crippen LogP contribution in [-0.2, 0) is 19.2 Å². The van der Waals surface area contributed by atoms with Gasteiger partial charge in [0.05, 0.1) is 13.2 Å². The Balaban J connectivity index is 5.13. The molecule has 3 amide bonds. The van der Waals surface area contributed by atoms with Crippen molar-refractivity contribution in [3.05, 3.63) is 0 Å². The maximum absolute atomic E-state index is 12.6. The molecular weight excluding hydrogens is 398 g/mol. The van der Waals surface area contributed by atoms with E-state index in [2.05, 4.69) is 20.9 Å². The van der Waals surface area contributed by atoms with Crippen molar-refractivity contribution in [2.45, 2.75) is 51.2 Å². The summed E-state index contributed by atoms with van der Waals surface area (Å²) in [6.07, 6.45) is 0.598. The SMILES string of the molecule is CC(C)CC(NC(=O)C(CO)NC(=O)CN)C(=O)NC(CCCN=C(N)N)C(=O)O. The maximum atomic E-state index is 12.6. The number of guanidine groups is 1. The zero-order valence-electron chi connectivity index (χ0n) is 17.3. The summed E-state index contributed by atoms with van der Waals surface area (Å²) in [7, 11) is 0. The van der Waals surface area contributed by atoms with Gasteiger partial charge < -0.3 is 43.4 Å². The second-order valence-corrected chi connectivity index (χ2v) is 7.05. The van der Waals surface area contributed by atoms with Gasteiger partial charge in [0.25, 0.3) is 0 Å². The summed E-state index contributed by atoms with van der Waals surface area (Å²) in [5.74, 6) is -3.53. The molecule has 0 saturated heterocycles. The van der Waals surface area contributed by atoms with Gasteiger partial charge in [0.15, 0.2) is 5.96 Å². The highest BCUT2D eigenvalue weighted by atomic mass is 16.4. The molecule has 13 heteroatoms. The molecular formula is C17H33N7O6. The largest absolute Gasteiger partial charge is 0.480 e. The minimum atomic E-state index is -1.29. The number of aliphatic hydroxyl groups is 1. The van der Waals surface area contributed by atoms with Gasteiger partial charge in [-0.3, -0.25) is 19.4 Å². The number of nitrogens with two attached hydrogens (primary N) is 3. The van der Waals surface area contributed by atoms with E-state index in [9.17, 15) is 29.4 Å². The topological polar surface area (TPSA) is 235 Å². The minimum Gasteiger partial charge on any atom is -0.480 e. The summed E-state index contributed by atoms with van der Waals surface area (Å²) < 4.78 is 0. The Kier molecular flexibility index (Phi) is 12.7. The molecule has 0 aliphatic heterocycles. The van der Waals surface area contributed by atoms with E-state index in [1.54, 1.807) is 0 Å². The smallest absolute Gasteiger partial charge is 0.326 e. The van der Waals surface area contributed by atoms with Crippen molar-refractivity contribution in [3.63, 3.8) is 0 Å². The first-order valence-electron chi connectivity index (χ1n) is 9.51. The van der Waals surface area contributed by atoms with Crippen molar-refractivity contribution in [1.29, 1.82) is 0 Å². The van der Waals surface area contributed by atoms with E-state index in [0.29, 0.717) is 6.42 Å². The number of carboxylic acids is 1. The van der Waals surface area contributed by atoms with Crippen LogP contribution < -0.4 is 33.2 Å². The van der Waals surface area contributed by atoms with Gasteiger partial charge in [-0.2, -0.15) is 0 Å². The number of rotatable bonds is 14. The number of carbonyl (C=O) groups excluding carboxylic acids is 3. The number of hydrogen-bond acceptors (Lipinski definition) is 7. The summed E-state index contributed by atoms with van der Waals surface area (Å²) in [5.41, 5.74) is 15.6. The minimum absolute atomic E-state index is 0.0163. The fourth-order valence-electron chi connectivity index (χ4n) is 2.46. The van der Waals surface area contributed by atoms with Crippen molar-refractivity contribution < 1.29 is 29.4 Å². The Labute approximate surface area is 174 Å². The molecule has 13 nitrogen and oxygen atoms in total. The summed E-state index contributed by atoms with van der Waals surface area (Å²) in [6.45, 7) is 2.76. The lowest BCUT2D eigenvalue weighted by molar-refractivity contribution is -0.142. The highest BCUT2D eigenvalue weighted by Crippen LogP contribution is 2.07. The summed E-state index contributed by atoms with van der Waals surface area (Å²) >= 11 is 0. The molecule has 3 atom stereocenters. The Bertz CT molecular complexity index is 622. The van der Waals surface area contributed by atoms with Crippen LogP contribution in [0.15, 0.2) is 4.99 Å². The number of nitrogens with zero attached hydrogens (tertiary/aromatic N) is 1. The van der Waals surface area contributed by atoms with Crippen LogP contribution in [0.2, 0.25) is 0 Å². The molecule has 0 heterocycles. The Morgan fingerprint density at radius 1 is 0.967 bits per heavy atom. The maximum Gasteiger partial charge on any atom is 0.326 e. The first-order valence-corrected chi connectivity index (χ1v) is 9.51. The molecule has 0 aromatic carbocycles. The first-order chi connectivity index (χ1) is 14.0. The monoisotopic (exact) mass is 431 g/mol. The number of aliphatic carboxylic acids is 1. The van der Waals surface area contributed by atoms with Gasteiger partial charge in [-0.1, -0.05) is 13.8 Å². The van der Waals surface area contributed by atoms with Gasteiger partial charge in [0.2, 0.25) is 17.7 Å². The van der Waals surface area contributed by atoms with Crippen LogP contribution in [0.25, 0.3) is 0 Å². The molecule has 30 heavy (non-hydrogen) atoms. The normalized spacial score (nSPS) is 13.6. The second kappa shape index (κ2) is 14.1. The van der Waals surface area contributed by atoms with E-state index in [0.717, 1.165) is 0 Å². The van der Waals surface area contributed by atoms with Crippen molar-refractivity contribution in [2.24, 2.45) is 28.1 Å². The second-order valence-electron chi connectivity index (χ2n) is 7.05. The molecule has 0 fully saturated rings. The van der Waals surface area contributed by atoms with Crippen LogP contribution in [0.4, 0.5) is 0 Å². The third-order valence-electron chi connectivity index (χ3n) is 3.92. The predicted molar refractivity (Wildman–Crippen MR) is 109 cm³/mol. The molecule has 0 radical (unpaired) electrons. The summed E-state index contributed by atoms with van der Waals surface area (Å²) in [5, 5.41) is 25.7. The average Bonchev–Trinajstić information content (AvgIpc) is 2.66.